The van der Waals surface area contributed by atoms with Crippen LogP contribution in [0.2, 0.25) is 0 Å². The maximum Gasteiger partial charge on any atom is 0.352 e. The van der Waals surface area contributed by atoms with Crippen molar-refractivity contribution in [2.75, 3.05) is 7.11 Å². The average Bonchev–Trinajstić information content (AvgIpc) is 2.65. The summed E-state index contributed by atoms with van der Waals surface area (Å²) in [6.45, 7) is 2.52. The summed E-state index contributed by atoms with van der Waals surface area (Å²) in [5, 5.41) is 10.0. The van der Waals surface area contributed by atoms with Crippen molar-refractivity contribution >= 4 is 32.8 Å². The molecule has 0 spiro atoms. The van der Waals surface area contributed by atoms with E-state index >= 15 is 0 Å². The molecule has 0 saturated carbocycles. The molecule has 1 N–H and O–H groups in total. The predicted octanol–water partition coefficient (Wildman–Crippen LogP) is 3.13. The van der Waals surface area contributed by atoms with Gasteiger partial charge in [-0.3, -0.25) is 0 Å². The van der Waals surface area contributed by atoms with Crippen LogP contribution >= 0.6 is 15.9 Å². The second kappa shape index (κ2) is 4.41. The lowest BCUT2D eigenvalue weighted by atomic mass is 10.2. The SMILES string of the molecule is CCn1c(C(=O)O)cc2cc(Br)c(OC)cc21. The van der Waals surface area contributed by atoms with Crippen molar-refractivity contribution in [1.82, 2.24) is 4.57 Å². The maximum absolute atomic E-state index is 11.1. The Hall–Kier alpha value is -1.49. The standard InChI is InChI=1S/C12H12BrNO3/c1-3-14-9-6-11(17-2)8(13)4-7(9)5-10(14)12(15)16/h4-6H,3H2,1-2H3,(H,15,16). The number of benzene rings is 1. The second-order valence-corrected chi connectivity index (χ2v) is 4.48. The Morgan fingerprint density at radius 2 is 2.18 bits per heavy atom. The molecule has 17 heavy (non-hydrogen) atoms. The van der Waals surface area contributed by atoms with Crippen molar-refractivity contribution in [3.05, 3.63) is 28.4 Å². The highest BCUT2D eigenvalue weighted by Gasteiger charge is 2.15. The molecule has 0 aliphatic heterocycles. The quantitative estimate of drug-likeness (QED) is 0.947. The number of aryl methyl sites for hydroxylation is 1. The van der Waals surface area contributed by atoms with Crippen LogP contribution in [0.4, 0.5) is 0 Å². The number of ether oxygens (including phenoxy) is 1. The molecule has 0 radical (unpaired) electrons. The number of methoxy groups -OCH3 is 1. The van der Waals surface area contributed by atoms with Gasteiger partial charge in [0.15, 0.2) is 0 Å². The number of hydrogen-bond acceptors (Lipinski definition) is 2. The summed E-state index contributed by atoms with van der Waals surface area (Å²) >= 11 is 3.39. The molecular formula is C12H12BrNO3. The van der Waals surface area contributed by atoms with Gasteiger partial charge < -0.3 is 14.4 Å². The van der Waals surface area contributed by atoms with Crippen molar-refractivity contribution in [1.29, 1.82) is 0 Å². The smallest absolute Gasteiger partial charge is 0.352 e. The Morgan fingerprint density at radius 3 is 2.71 bits per heavy atom. The van der Waals surface area contributed by atoms with Crippen molar-refractivity contribution < 1.29 is 14.6 Å². The second-order valence-electron chi connectivity index (χ2n) is 3.62. The molecule has 0 unspecified atom stereocenters. The summed E-state index contributed by atoms with van der Waals surface area (Å²) in [5.74, 6) is -0.222. The molecule has 90 valence electrons. The first-order valence-corrected chi connectivity index (χ1v) is 5.97. The van der Waals surface area contributed by atoms with E-state index in [1.165, 1.54) is 0 Å². The van der Waals surface area contributed by atoms with E-state index in [0.29, 0.717) is 18.0 Å². The summed E-state index contributed by atoms with van der Waals surface area (Å²) in [6.07, 6.45) is 0. The molecule has 0 fully saturated rings. The molecule has 0 saturated heterocycles. The van der Waals surface area contributed by atoms with E-state index in [9.17, 15) is 4.79 Å². The number of hydrogen-bond donors (Lipinski definition) is 1. The summed E-state index contributed by atoms with van der Waals surface area (Å²) in [7, 11) is 1.59. The Bertz CT molecular complexity index is 589. The molecule has 2 aromatic rings. The predicted molar refractivity (Wildman–Crippen MR) is 68.8 cm³/mol. The monoisotopic (exact) mass is 297 g/mol. The van der Waals surface area contributed by atoms with E-state index in [0.717, 1.165) is 15.4 Å². The van der Waals surface area contributed by atoms with Gasteiger partial charge in [0, 0.05) is 18.0 Å². The normalized spacial score (nSPS) is 10.8. The zero-order chi connectivity index (χ0) is 12.6. The molecule has 1 aromatic heterocycles. The van der Waals surface area contributed by atoms with Crippen LogP contribution in [0.25, 0.3) is 10.9 Å². The van der Waals surface area contributed by atoms with E-state index in [-0.39, 0.29) is 0 Å². The van der Waals surface area contributed by atoms with Gasteiger partial charge in [-0.15, -0.1) is 0 Å². The number of nitrogens with zero attached hydrogens (tertiary/aromatic N) is 1. The van der Waals surface area contributed by atoms with Crippen molar-refractivity contribution in [3.63, 3.8) is 0 Å². The number of fused-ring (bicyclic) bond motifs is 1. The lowest BCUT2D eigenvalue weighted by molar-refractivity contribution is 0.0686. The highest BCUT2D eigenvalue weighted by molar-refractivity contribution is 9.10. The molecule has 5 heteroatoms. The van der Waals surface area contributed by atoms with Gasteiger partial charge in [-0.1, -0.05) is 0 Å². The Balaban J connectivity index is 2.78. The van der Waals surface area contributed by atoms with Gasteiger partial charge in [0.1, 0.15) is 11.4 Å². The number of rotatable bonds is 3. The number of carbonyl (C=O) groups is 1. The van der Waals surface area contributed by atoms with Gasteiger partial charge in [-0.05, 0) is 35.0 Å². The molecule has 4 nitrogen and oxygen atoms in total. The first-order valence-electron chi connectivity index (χ1n) is 5.18. The fourth-order valence-corrected chi connectivity index (χ4v) is 2.46. The van der Waals surface area contributed by atoms with E-state index in [4.69, 9.17) is 9.84 Å². The lowest BCUT2D eigenvalue weighted by Gasteiger charge is -2.07. The first kappa shape index (κ1) is 12.0. The molecule has 1 aromatic carbocycles. The maximum atomic E-state index is 11.1. The van der Waals surface area contributed by atoms with Crippen LogP contribution in [0.3, 0.4) is 0 Å². The number of halogens is 1. The van der Waals surface area contributed by atoms with Gasteiger partial charge in [-0.25, -0.2) is 4.79 Å². The molecule has 0 aliphatic rings. The van der Waals surface area contributed by atoms with Crippen LogP contribution in [0.15, 0.2) is 22.7 Å². The van der Waals surface area contributed by atoms with Gasteiger partial charge in [0.2, 0.25) is 0 Å². The highest BCUT2D eigenvalue weighted by Crippen LogP contribution is 2.32. The third-order valence-electron chi connectivity index (χ3n) is 2.71. The summed E-state index contributed by atoms with van der Waals surface area (Å²) in [5.41, 5.74) is 1.16. The van der Waals surface area contributed by atoms with Crippen LogP contribution in [0.1, 0.15) is 17.4 Å². The summed E-state index contributed by atoms with van der Waals surface area (Å²) < 4.78 is 7.79. The van der Waals surface area contributed by atoms with E-state index in [1.54, 1.807) is 17.7 Å². The third-order valence-corrected chi connectivity index (χ3v) is 3.33. The Morgan fingerprint density at radius 1 is 1.47 bits per heavy atom. The van der Waals surface area contributed by atoms with Gasteiger partial charge >= 0.3 is 5.97 Å². The van der Waals surface area contributed by atoms with E-state index in [1.807, 2.05) is 19.1 Å². The third kappa shape index (κ3) is 1.91. The minimum absolute atomic E-state index is 0.294. The molecule has 0 aliphatic carbocycles. The van der Waals surface area contributed by atoms with Crippen LogP contribution < -0.4 is 4.74 Å². The zero-order valence-corrected chi connectivity index (χ0v) is 11.1. The Labute approximate surface area is 107 Å². The summed E-state index contributed by atoms with van der Waals surface area (Å²) in [4.78, 5) is 11.1. The van der Waals surface area contributed by atoms with E-state index < -0.39 is 5.97 Å². The molecular weight excluding hydrogens is 286 g/mol. The lowest BCUT2D eigenvalue weighted by Crippen LogP contribution is -2.06. The van der Waals surface area contributed by atoms with Crippen molar-refractivity contribution in [2.24, 2.45) is 0 Å². The summed E-state index contributed by atoms with van der Waals surface area (Å²) in [6, 6.07) is 5.38. The molecule has 1 heterocycles. The topological polar surface area (TPSA) is 51.5 Å². The van der Waals surface area contributed by atoms with Crippen LogP contribution in [-0.2, 0) is 6.54 Å². The molecule has 2 rings (SSSR count). The minimum Gasteiger partial charge on any atom is -0.495 e. The van der Waals surface area contributed by atoms with Gasteiger partial charge in [0.05, 0.1) is 17.1 Å². The van der Waals surface area contributed by atoms with Gasteiger partial charge in [-0.2, -0.15) is 0 Å². The number of carboxylic acids is 1. The number of carboxylic acid groups (broad SMARTS) is 1. The Kier molecular flexibility index (Phi) is 3.11. The largest absolute Gasteiger partial charge is 0.495 e. The molecule has 0 amide bonds. The highest BCUT2D eigenvalue weighted by atomic mass is 79.9. The van der Waals surface area contributed by atoms with Crippen molar-refractivity contribution in [3.8, 4) is 5.75 Å². The van der Waals surface area contributed by atoms with Crippen LogP contribution in [-0.4, -0.2) is 22.8 Å². The fourth-order valence-electron chi connectivity index (χ4n) is 1.94. The van der Waals surface area contributed by atoms with Gasteiger partial charge in [0.25, 0.3) is 0 Å². The van der Waals surface area contributed by atoms with Crippen molar-refractivity contribution in [2.45, 2.75) is 13.5 Å². The average molecular weight is 298 g/mol. The minimum atomic E-state index is -0.918. The first-order chi connectivity index (χ1) is 8.08. The molecule has 0 atom stereocenters. The van der Waals surface area contributed by atoms with Crippen LogP contribution in [0.5, 0.6) is 5.75 Å². The zero-order valence-electron chi connectivity index (χ0n) is 9.53. The molecule has 0 bridgehead atoms. The number of aromatic carboxylic acids is 1. The number of aromatic nitrogens is 1. The van der Waals surface area contributed by atoms with Crippen LogP contribution in [0, 0.1) is 0 Å². The fraction of sp³-hybridized carbons (Fsp3) is 0.250. The van der Waals surface area contributed by atoms with E-state index in [2.05, 4.69) is 15.9 Å².